The molecule has 8 heteroatoms. The van der Waals surface area contributed by atoms with Crippen molar-refractivity contribution in [3.05, 3.63) is 29.8 Å². The van der Waals surface area contributed by atoms with Crippen molar-refractivity contribution >= 4 is 27.6 Å². The van der Waals surface area contributed by atoms with Crippen molar-refractivity contribution in [2.45, 2.75) is 27.2 Å². The van der Waals surface area contributed by atoms with Crippen molar-refractivity contribution < 1.29 is 22.7 Å². The van der Waals surface area contributed by atoms with Crippen molar-refractivity contribution in [1.29, 1.82) is 0 Å². The molecule has 0 aromatic heterocycles. The monoisotopic (exact) mass is 370 g/mol. The molecule has 0 aliphatic carbocycles. The third-order valence-corrected chi connectivity index (χ3v) is 4.58. The molecule has 1 amide bonds. The van der Waals surface area contributed by atoms with E-state index < -0.39 is 16.0 Å². The molecule has 0 heterocycles. The summed E-state index contributed by atoms with van der Waals surface area (Å²) < 4.78 is 29.7. The average Bonchev–Trinajstić information content (AvgIpc) is 2.51. The number of hydrogen-bond donors (Lipinski definition) is 1. The summed E-state index contributed by atoms with van der Waals surface area (Å²) in [4.78, 5) is 23.6. The molecule has 7 nitrogen and oxygen atoms in total. The van der Waals surface area contributed by atoms with Gasteiger partial charge in [-0.15, -0.1) is 0 Å². The first-order chi connectivity index (χ1) is 11.6. The number of ether oxygens (including phenoxy) is 1. The van der Waals surface area contributed by atoms with Gasteiger partial charge in [-0.1, -0.05) is 13.8 Å². The Morgan fingerprint density at radius 3 is 2.28 bits per heavy atom. The van der Waals surface area contributed by atoms with Gasteiger partial charge in [-0.25, -0.2) is 17.5 Å². The van der Waals surface area contributed by atoms with E-state index >= 15 is 0 Å². The topological polar surface area (TPSA) is 92.8 Å². The summed E-state index contributed by atoms with van der Waals surface area (Å²) in [5, 5.41) is 2.69. The highest BCUT2D eigenvalue weighted by Gasteiger charge is 2.19. The summed E-state index contributed by atoms with van der Waals surface area (Å²) in [6.07, 6.45) is 1.20. The Kier molecular flexibility index (Phi) is 8.05. The first kappa shape index (κ1) is 21.1. The van der Waals surface area contributed by atoms with Crippen molar-refractivity contribution in [1.82, 2.24) is 4.31 Å². The van der Waals surface area contributed by atoms with Crippen LogP contribution in [0.1, 0.15) is 37.6 Å². The van der Waals surface area contributed by atoms with Crippen molar-refractivity contribution in [3.8, 4) is 0 Å². The molecule has 1 aromatic rings. The first-order valence-corrected chi connectivity index (χ1v) is 10.0. The van der Waals surface area contributed by atoms with Crippen LogP contribution in [0.5, 0.6) is 0 Å². The Morgan fingerprint density at radius 1 is 1.20 bits per heavy atom. The molecular formula is C17H26N2O5S. The highest BCUT2D eigenvalue weighted by atomic mass is 32.2. The van der Waals surface area contributed by atoms with Gasteiger partial charge in [0.2, 0.25) is 15.9 Å². The van der Waals surface area contributed by atoms with E-state index in [4.69, 9.17) is 4.74 Å². The minimum absolute atomic E-state index is 0.0550. The predicted molar refractivity (Wildman–Crippen MR) is 96.9 cm³/mol. The lowest BCUT2D eigenvalue weighted by Crippen LogP contribution is -2.35. The highest BCUT2D eigenvalue weighted by molar-refractivity contribution is 7.88. The quantitative estimate of drug-likeness (QED) is 0.672. The van der Waals surface area contributed by atoms with E-state index in [9.17, 15) is 18.0 Å². The molecule has 0 radical (unpaired) electrons. The molecule has 1 N–H and O–H groups in total. The molecule has 0 saturated heterocycles. The van der Waals surface area contributed by atoms with Gasteiger partial charge in [-0.3, -0.25) is 4.79 Å². The molecule has 0 unspecified atom stereocenters. The van der Waals surface area contributed by atoms with E-state index in [1.54, 1.807) is 31.2 Å². The number of rotatable bonds is 9. The zero-order chi connectivity index (χ0) is 19.0. The number of anilines is 1. The first-order valence-electron chi connectivity index (χ1n) is 8.15. The summed E-state index contributed by atoms with van der Waals surface area (Å²) >= 11 is 0. The van der Waals surface area contributed by atoms with Gasteiger partial charge in [0.1, 0.15) is 0 Å². The standard InChI is InChI=1S/C17H26N2O5S/c1-5-24-17(21)14-6-8-15(9-7-14)18-16(20)10-11-19(12-13(2)3)25(4,22)23/h6-9,13H,5,10-12H2,1-4H3,(H,18,20). The third-order valence-electron chi connectivity index (χ3n) is 3.31. The molecule has 0 spiro atoms. The predicted octanol–water partition coefficient (Wildman–Crippen LogP) is 2.11. The average molecular weight is 370 g/mol. The maximum absolute atomic E-state index is 12.0. The minimum atomic E-state index is -3.35. The van der Waals surface area contributed by atoms with E-state index in [1.165, 1.54) is 4.31 Å². The highest BCUT2D eigenvalue weighted by Crippen LogP contribution is 2.12. The molecule has 0 fully saturated rings. The van der Waals surface area contributed by atoms with Gasteiger partial charge in [0.25, 0.3) is 0 Å². The molecule has 0 saturated carbocycles. The van der Waals surface area contributed by atoms with Gasteiger partial charge in [0.15, 0.2) is 0 Å². The fraction of sp³-hybridized carbons (Fsp3) is 0.529. The van der Waals surface area contributed by atoms with E-state index in [0.717, 1.165) is 6.26 Å². The number of sulfonamides is 1. The Morgan fingerprint density at radius 2 is 1.80 bits per heavy atom. The van der Waals surface area contributed by atoms with Crippen LogP contribution >= 0.6 is 0 Å². The lowest BCUT2D eigenvalue weighted by Gasteiger charge is -2.21. The van der Waals surface area contributed by atoms with E-state index in [2.05, 4.69) is 5.32 Å². The van der Waals surface area contributed by atoms with Gasteiger partial charge >= 0.3 is 5.97 Å². The summed E-state index contributed by atoms with van der Waals surface area (Å²) in [5.41, 5.74) is 0.938. The zero-order valence-corrected chi connectivity index (χ0v) is 15.9. The fourth-order valence-electron chi connectivity index (χ4n) is 2.15. The number of carbonyl (C=O) groups excluding carboxylic acids is 2. The van der Waals surface area contributed by atoms with Crippen molar-refractivity contribution in [3.63, 3.8) is 0 Å². The van der Waals surface area contributed by atoms with Gasteiger partial charge in [0.05, 0.1) is 18.4 Å². The maximum atomic E-state index is 12.0. The second kappa shape index (κ2) is 9.53. The number of benzene rings is 1. The minimum Gasteiger partial charge on any atom is -0.462 e. The molecule has 1 rings (SSSR count). The number of hydrogen-bond acceptors (Lipinski definition) is 5. The number of nitrogens with zero attached hydrogens (tertiary/aromatic N) is 1. The summed E-state index contributed by atoms with van der Waals surface area (Å²) in [5.74, 6) is -0.535. The van der Waals surface area contributed by atoms with Crippen LogP contribution in [0.4, 0.5) is 5.69 Å². The summed E-state index contributed by atoms with van der Waals surface area (Å²) in [6.45, 7) is 6.37. The number of esters is 1. The van der Waals surface area contributed by atoms with Crippen LogP contribution in [0.3, 0.4) is 0 Å². The van der Waals surface area contributed by atoms with Crippen LogP contribution in [0.2, 0.25) is 0 Å². The van der Waals surface area contributed by atoms with Crippen LogP contribution in [-0.2, 0) is 19.6 Å². The van der Waals surface area contributed by atoms with Crippen molar-refractivity contribution in [2.75, 3.05) is 31.3 Å². The number of carbonyl (C=O) groups is 2. The van der Waals surface area contributed by atoms with Crippen LogP contribution in [0, 0.1) is 5.92 Å². The molecule has 0 aliphatic rings. The lowest BCUT2D eigenvalue weighted by molar-refractivity contribution is -0.116. The Hall–Kier alpha value is -1.93. The molecule has 0 atom stereocenters. The van der Waals surface area contributed by atoms with E-state index in [-0.39, 0.29) is 24.8 Å². The lowest BCUT2D eigenvalue weighted by atomic mass is 10.2. The molecule has 1 aromatic carbocycles. The van der Waals surface area contributed by atoms with Gasteiger partial charge in [-0.05, 0) is 37.1 Å². The molecule has 140 valence electrons. The molecule has 0 aliphatic heterocycles. The second-order valence-corrected chi connectivity index (χ2v) is 8.09. The van der Waals surface area contributed by atoms with Crippen molar-refractivity contribution in [2.24, 2.45) is 5.92 Å². The Labute approximate surface area is 149 Å². The number of nitrogens with one attached hydrogen (secondary N) is 1. The summed E-state index contributed by atoms with van der Waals surface area (Å²) in [7, 11) is -3.35. The fourth-order valence-corrected chi connectivity index (χ4v) is 3.15. The smallest absolute Gasteiger partial charge is 0.338 e. The van der Waals surface area contributed by atoms with Crippen LogP contribution in [0.25, 0.3) is 0 Å². The largest absolute Gasteiger partial charge is 0.462 e. The van der Waals surface area contributed by atoms with Gasteiger partial charge in [-0.2, -0.15) is 0 Å². The van der Waals surface area contributed by atoms with Gasteiger partial charge < -0.3 is 10.1 Å². The van der Waals surface area contributed by atoms with Crippen LogP contribution in [0.15, 0.2) is 24.3 Å². The third kappa shape index (κ3) is 7.66. The normalized spacial score (nSPS) is 11.6. The Bertz CT molecular complexity index is 683. The zero-order valence-electron chi connectivity index (χ0n) is 15.1. The van der Waals surface area contributed by atoms with Gasteiger partial charge in [0, 0.05) is 25.2 Å². The van der Waals surface area contributed by atoms with Crippen LogP contribution in [-0.4, -0.2) is 50.6 Å². The van der Waals surface area contributed by atoms with E-state index in [0.29, 0.717) is 24.4 Å². The number of amides is 1. The van der Waals surface area contributed by atoms with Crippen LogP contribution < -0.4 is 5.32 Å². The maximum Gasteiger partial charge on any atom is 0.338 e. The second-order valence-electron chi connectivity index (χ2n) is 6.11. The summed E-state index contributed by atoms with van der Waals surface area (Å²) in [6, 6.07) is 6.34. The Balaban J connectivity index is 2.60. The molecule has 25 heavy (non-hydrogen) atoms. The van der Waals surface area contributed by atoms with E-state index in [1.807, 2.05) is 13.8 Å². The molecule has 0 bridgehead atoms. The molecular weight excluding hydrogens is 344 g/mol. The SMILES string of the molecule is CCOC(=O)c1ccc(NC(=O)CCN(CC(C)C)S(C)(=O)=O)cc1.